The van der Waals surface area contributed by atoms with E-state index in [1.54, 1.807) is 12.1 Å². The lowest BCUT2D eigenvalue weighted by Gasteiger charge is -2.12. The molecule has 5 heteroatoms. The summed E-state index contributed by atoms with van der Waals surface area (Å²) in [5, 5.41) is 0. The third-order valence-corrected chi connectivity index (χ3v) is 3.74. The number of anilines is 1. The maximum atomic E-state index is 12.9. The molecule has 0 bridgehead atoms. The van der Waals surface area contributed by atoms with Gasteiger partial charge in [0, 0.05) is 5.69 Å². The SMILES string of the molecule is Nc1ccc(Oc2ccc(Cc3ccccc3)cc2)cc1C(F)(F)F. The molecule has 0 atom stereocenters. The second-order valence-corrected chi connectivity index (χ2v) is 5.66. The van der Waals surface area contributed by atoms with Crippen LogP contribution in [0, 0.1) is 0 Å². The van der Waals surface area contributed by atoms with Gasteiger partial charge < -0.3 is 10.5 Å². The van der Waals surface area contributed by atoms with Crippen LogP contribution in [0.25, 0.3) is 0 Å². The highest BCUT2D eigenvalue weighted by Gasteiger charge is 2.33. The number of hydrogen-bond donors (Lipinski definition) is 1. The van der Waals surface area contributed by atoms with Crippen molar-refractivity contribution in [2.45, 2.75) is 12.6 Å². The molecule has 0 saturated heterocycles. The van der Waals surface area contributed by atoms with E-state index in [2.05, 4.69) is 0 Å². The Hall–Kier alpha value is -2.95. The third-order valence-electron chi connectivity index (χ3n) is 3.74. The van der Waals surface area contributed by atoms with Gasteiger partial charge in [0.1, 0.15) is 11.5 Å². The van der Waals surface area contributed by atoms with Gasteiger partial charge in [-0.3, -0.25) is 0 Å². The van der Waals surface area contributed by atoms with Gasteiger partial charge in [0.05, 0.1) is 5.56 Å². The summed E-state index contributed by atoms with van der Waals surface area (Å²) in [6, 6.07) is 20.8. The van der Waals surface area contributed by atoms with E-state index in [4.69, 9.17) is 10.5 Å². The van der Waals surface area contributed by atoms with Gasteiger partial charge in [-0.2, -0.15) is 13.2 Å². The normalized spacial score (nSPS) is 11.3. The standard InChI is InChI=1S/C20H16F3NO/c21-20(22,23)18-13-17(10-11-19(18)24)25-16-8-6-15(7-9-16)12-14-4-2-1-3-5-14/h1-11,13H,12,24H2. The van der Waals surface area contributed by atoms with Crippen molar-refractivity contribution in [1.82, 2.24) is 0 Å². The minimum absolute atomic E-state index is 0.0948. The molecule has 128 valence electrons. The van der Waals surface area contributed by atoms with Crippen molar-refractivity contribution in [3.63, 3.8) is 0 Å². The van der Waals surface area contributed by atoms with Gasteiger partial charge in [0.2, 0.25) is 0 Å². The zero-order valence-corrected chi connectivity index (χ0v) is 13.3. The number of nitrogens with two attached hydrogens (primary N) is 1. The number of nitrogen functional groups attached to an aromatic ring is 1. The Labute approximate surface area is 143 Å². The summed E-state index contributed by atoms with van der Waals surface area (Å²) in [6.07, 6.45) is -3.73. The van der Waals surface area contributed by atoms with Crippen LogP contribution in [-0.2, 0) is 12.6 Å². The highest BCUT2D eigenvalue weighted by atomic mass is 19.4. The van der Waals surface area contributed by atoms with Crippen molar-refractivity contribution < 1.29 is 17.9 Å². The predicted molar refractivity (Wildman–Crippen MR) is 91.6 cm³/mol. The average molecular weight is 343 g/mol. The van der Waals surface area contributed by atoms with Crippen LogP contribution >= 0.6 is 0 Å². The van der Waals surface area contributed by atoms with E-state index in [-0.39, 0.29) is 11.4 Å². The molecule has 0 aliphatic rings. The van der Waals surface area contributed by atoms with Gasteiger partial charge >= 0.3 is 6.18 Å². The summed E-state index contributed by atoms with van der Waals surface area (Å²) in [7, 11) is 0. The van der Waals surface area contributed by atoms with Crippen LogP contribution in [0.15, 0.2) is 72.8 Å². The van der Waals surface area contributed by atoms with Crippen LogP contribution in [0.1, 0.15) is 16.7 Å². The molecule has 25 heavy (non-hydrogen) atoms. The van der Waals surface area contributed by atoms with E-state index >= 15 is 0 Å². The summed E-state index contributed by atoms with van der Waals surface area (Å²) in [4.78, 5) is 0. The second-order valence-electron chi connectivity index (χ2n) is 5.66. The number of halogens is 3. The van der Waals surface area contributed by atoms with Crippen LogP contribution < -0.4 is 10.5 Å². The van der Waals surface area contributed by atoms with E-state index < -0.39 is 11.7 Å². The molecular formula is C20H16F3NO. The van der Waals surface area contributed by atoms with Crippen molar-refractivity contribution in [3.05, 3.63) is 89.5 Å². The topological polar surface area (TPSA) is 35.2 Å². The van der Waals surface area contributed by atoms with E-state index in [1.807, 2.05) is 42.5 Å². The van der Waals surface area contributed by atoms with E-state index in [0.29, 0.717) is 5.75 Å². The van der Waals surface area contributed by atoms with Crippen LogP contribution in [0.3, 0.4) is 0 Å². The van der Waals surface area contributed by atoms with Gasteiger partial charge in [-0.05, 0) is 47.9 Å². The molecule has 0 amide bonds. The minimum Gasteiger partial charge on any atom is -0.457 e. The molecule has 3 rings (SSSR count). The zero-order valence-electron chi connectivity index (χ0n) is 13.3. The summed E-state index contributed by atoms with van der Waals surface area (Å²) >= 11 is 0. The lowest BCUT2D eigenvalue weighted by molar-refractivity contribution is -0.137. The summed E-state index contributed by atoms with van der Waals surface area (Å²) in [5.74, 6) is 0.562. The molecule has 0 unspecified atom stereocenters. The molecule has 2 N–H and O–H groups in total. The molecule has 0 heterocycles. The Morgan fingerprint density at radius 1 is 0.760 bits per heavy atom. The monoisotopic (exact) mass is 343 g/mol. The first-order valence-electron chi connectivity index (χ1n) is 7.69. The number of hydrogen-bond acceptors (Lipinski definition) is 2. The van der Waals surface area contributed by atoms with E-state index in [0.717, 1.165) is 18.1 Å². The number of ether oxygens (including phenoxy) is 1. The second kappa shape index (κ2) is 6.89. The van der Waals surface area contributed by atoms with Crippen molar-refractivity contribution in [2.24, 2.45) is 0 Å². The summed E-state index contributed by atoms with van der Waals surface area (Å²) < 4.78 is 44.2. The summed E-state index contributed by atoms with van der Waals surface area (Å²) in [5.41, 5.74) is 6.44. The molecule has 2 nitrogen and oxygen atoms in total. The molecule has 0 saturated carbocycles. The lowest BCUT2D eigenvalue weighted by Crippen LogP contribution is -2.08. The first-order chi connectivity index (χ1) is 11.9. The van der Waals surface area contributed by atoms with Gasteiger partial charge in [-0.1, -0.05) is 42.5 Å². The lowest BCUT2D eigenvalue weighted by atomic mass is 10.1. The predicted octanol–water partition coefficient (Wildman–Crippen LogP) is 5.67. The molecule has 0 radical (unpaired) electrons. The first-order valence-corrected chi connectivity index (χ1v) is 7.69. The fourth-order valence-electron chi connectivity index (χ4n) is 2.49. The van der Waals surface area contributed by atoms with Crippen molar-refractivity contribution in [3.8, 4) is 11.5 Å². The third kappa shape index (κ3) is 4.32. The van der Waals surface area contributed by atoms with Crippen LogP contribution in [0.4, 0.5) is 18.9 Å². The van der Waals surface area contributed by atoms with Crippen molar-refractivity contribution in [2.75, 3.05) is 5.73 Å². The zero-order chi connectivity index (χ0) is 17.9. The highest BCUT2D eigenvalue weighted by Crippen LogP contribution is 2.36. The van der Waals surface area contributed by atoms with E-state index in [1.165, 1.54) is 17.7 Å². The Morgan fingerprint density at radius 2 is 1.36 bits per heavy atom. The van der Waals surface area contributed by atoms with Gasteiger partial charge in [0.25, 0.3) is 0 Å². The summed E-state index contributed by atoms with van der Waals surface area (Å²) in [6.45, 7) is 0. The smallest absolute Gasteiger partial charge is 0.418 e. The van der Waals surface area contributed by atoms with Crippen LogP contribution in [0.5, 0.6) is 11.5 Å². The maximum absolute atomic E-state index is 12.9. The van der Waals surface area contributed by atoms with Crippen LogP contribution in [-0.4, -0.2) is 0 Å². The molecule has 0 fully saturated rings. The number of alkyl halides is 3. The Bertz CT molecular complexity index is 843. The molecule has 3 aromatic rings. The van der Waals surface area contributed by atoms with Gasteiger partial charge in [-0.25, -0.2) is 0 Å². The Kier molecular flexibility index (Phi) is 4.65. The minimum atomic E-state index is -4.51. The Balaban J connectivity index is 1.74. The van der Waals surface area contributed by atoms with E-state index in [9.17, 15) is 13.2 Å². The molecular weight excluding hydrogens is 327 g/mol. The Morgan fingerprint density at radius 3 is 2.00 bits per heavy atom. The highest BCUT2D eigenvalue weighted by molar-refractivity contribution is 5.52. The number of rotatable bonds is 4. The van der Waals surface area contributed by atoms with Crippen molar-refractivity contribution in [1.29, 1.82) is 0 Å². The number of benzene rings is 3. The maximum Gasteiger partial charge on any atom is 0.418 e. The van der Waals surface area contributed by atoms with Gasteiger partial charge in [0.15, 0.2) is 0 Å². The fraction of sp³-hybridized carbons (Fsp3) is 0.100. The van der Waals surface area contributed by atoms with Crippen LogP contribution in [0.2, 0.25) is 0 Å². The molecule has 0 aliphatic heterocycles. The average Bonchev–Trinajstić information content (AvgIpc) is 2.58. The van der Waals surface area contributed by atoms with Gasteiger partial charge in [-0.15, -0.1) is 0 Å². The first kappa shape index (κ1) is 16.9. The molecule has 0 aliphatic carbocycles. The largest absolute Gasteiger partial charge is 0.457 e. The van der Waals surface area contributed by atoms with Crippen molar-refractivity contribution >= 4 is 5.69 Å². The quantitative estimate of drug-likeness (QED) is 0.619. The molecule has 0 aromatic heterocycles. The fourth-order valence-corrected chi connectivity index (χ4v) is 2.49. The molecule has 0 spiro atoms. The molecule has 3 aromatic carbocycles.